The molecule has 9 aromatic carbocycles. The Morgan fingerprint density at radius 3 is 1.30 bits per heavy atom. The van der Waals surface area contributed by atoms with Gasteiger partial charge in [0.05, 0.1) is 0 Å². The Hall–Kier alpha value is -4.94. The molecule has 46 heavy (non-hydrogen) atoms. The Morgan fingerprint density at radius 1 is 0.283 bits per heavy atom. The minimum absolute atomic E-state index is 0.122. The summed E-state index contributed by atoms with van der Waals surface area (Å²) < 4.78 is 0. The van der Waals surface area contributed by atoms with Gasteiger partial charge in [0.25, 0.3) is 0 Å². The molecule has 0 nitrogen and oxygen atoms in total. The summed E-state index contributed by atoms with van der Waals surface area (Å²) in [5.41, 5.74) is 8.57. The topological polar surface area (TPSA) is 0 Å². The lowest BCUT2D eigenvalue weighted by Crippen LogP contribution is -2.10. The van der Waals surface area contributed by atoms with E-state index in [1.165, 1.54) is 119 Å². The molecule has 0 aromatic heterocycles. The van der Waals surface area contributed by atoms with Gasteiger partial charge < -0.3 is 0 Å². The van der Waals surface area contributed by atoms with Crippen molar-refractivity contribution in [3.63, 3.8) is 0 Å². The van der Waals surface area contributed by atoms with E-state index in [-0.39, 0.29) is 10.8 Å². The summed E-state index contributed by atoms with van der Waals surface area (Å²) in [5.74, 6) is 0. The van der Waals surface area contributed by atoms with Gasteiger partial charge in [-0.3, -0.25) is 0 Å². The van der Waals surface area contributed by atoms with Gasteiger partial charge in [0.2, 0.25) is 0 Å². The molecule has 0 amide bonds. The molecule has 2 aliphatic carbocycles. The molecule has 0 aliphatic heterocycles. The second-order valence-electron chi connectivity index (χ2n) is 16.1. The van der Waals surface area contributed by atoms with Crippen molar-refractivity contribution < 1.29 is 0 Å². The van der Waals surface area contributed by atoms with Crippen LogP contribution >= 0.6 is 0 Å². The number of rotatable bonds is 0. The summed E-state index contributed by atoms with van der Waals surface area (Å²) in [7, 11) is 0. The highest BCUT2D eigenvalue weighted by Crippen LogP contribution is 2.54. The third-order valence-corrected chi connectivity index (χ3v) is 11.6. The van der Waals surface area contributed by atoms with Gasteiger partial charge in [-0.2, -0.15) is 0 Å². The van der Waals surface area contributed by atoms with Crippen LogP contribution in [-0.4, -0.2) is 0 Å². The van der Waals surface area contributed by atoms with Crippen LogP contribution in [0.5, 0.6) is 0 Å². The Labute approximate surface area is 267 Å². The largest absolute Gasteiger partial charge is 0.0578 e. The van der Waals surface area contributed by atoms with Crippen LogP contribution in [0.15, 0.2) is 97.1 Å². The van der Waals surface area contributed by atoms with Gasteiger partial charge in [0, 0.05) is 0 Å². The fourth-order valence-electron chi connectivity index (χ4n) is 9.21. The molecule has 0 spiro atoms. The lowest BCUT2D eigenvalue weighted by Gasteiger charge is -2.20. The minimum Gasteiger partial charge on any atom is -0.0578 e. The van der Waals surface area contributed by atoms with Crippen molar-refractivity contribution >= 4 is 64.6 Å². The van der Waals surface area contributed by atoms with Crippen molar-refractivity contribution in [2.45, 2.75) is 52.4 Å². The molecule has 0 heterocycles. The van der Waals surface area contributed by atoms with E-state index in [1.807, 2.05) is 0 Å². The second-order valence-corrected chi connectivity index (χ2v) is 16.1. The molecule has 0 N–H and O–H groups in total. The van der Waals surface area contributed by atoms with Gasteiger partial charge in [0.1, 0.15) is 0 Å². The zero-order valence-electron chi connectivity index (χ0n) is 27.2. The fraction of sp³-hybridized carbons (Fsp3) is 0.174. The zero-order valence-corrected chi connectivity index (χ0v) is 27.2. The van der Waals surface area contributed by atoms with Crippen LogP contribution < -0.4 is 0 Å². The number of benzene rings is 7. The number of hydrogen-bond donors (Lipinski definition) is 0. The first kappa shape index (κ1) is 25.3. The van der Waals surface area contributed by atoms with Crippen LogP contribution in [-0.2, 0) is 10.8 Å². The molecule has 9 aromatic rings. The molecule has 218 valence electrons. The Balaban J connectivity index is 1.24. The second kappa shape index (κ2) is 7.71. The SMILES string of the molecule is CC(C)(C)c1ccc2c(c1)-c1ccc3c4cc5c(cc4c4ccc-2c1c34)c1ccc2c3c(ccc5c31)=c1ccc(C(C)(C)C)cc1=2. The van der Waals surface area contributed by atoms with Crippen LogP contribution in [0, 0.1) is 20.9 Å². The molecule has 0 saturated carbocycles. The first-order chi connectivity index (χ1) is 22.1. The lowest BCUT2D eigenvalue weighted by atomic mass is 9.85. The normalized spacial score (nSPS) is 13.9. The highest BCUT2D eigenvalue weighted by Gasteiger charge is 2.27. The number of fused-ring (bicyclic) bond motifs is 10. The van der Waals surface area contributed by atoms with E-state index in [2.05, 4.69) is 139 Å². The molecular weight excluding hydrogens is 553 g/mol. The molecule has 0 bridgehead atoms. The van der Waals surface area contributed by atoms with E-state index in [0.717, 1.165) is 0 Å². The summed E-state index contributed by atoms with van der Waals surface area (Å²) in [6.45, 7) is 13.9. The average Bonchev–Trinajstić information content (AvgIpc) is 3.73. The van der Waals surface area contributed by atoms with Crippen LogP contribution in [0.25, 0.3) is 86.9 Å². The van der Waals surface area contributed by atoms with E-state index in [0.29, 0.717) is 0 Å². The fourth-order valence-corrected chi connectivity index (χ4v) is 9.21. The van der Waals surface area contributed by atoms with Crippen molar-refractivity contribution in [2.24, 2.45) is 0 Å². The van der Waals surface area contributed by atoms with Crippen molar-refractivity contribution in [1.82, 2.24) is 0 Å². The van der Waals surface area contributed by atoms with Gasteiger partial charge in [-0.25, -0.2) is 0 Å². The molecule has 11 rings (SSSR count). The molecule has 0 radical (unpaired) electrons. The van der Waals surface area contributed by atoms with Gasteiger partial charge in [-0.15, -0.1) is 0 Å². The first-order valence-corrected chi connectivity index (χ1v) is 16.8. The highest BCUT2D eigenvalue weighted by molar-refractivity contribution is 6.39. The van der Waals surface area contributed by atoms with Gasteiger partial charge in [-0.05, 0) is 154 Å². The molecular formula is C46H34. The van der Waals surface area contributed by atoms with Crippen molar-refractivity contribution in [1.29, 1.82) is 0 Å². The van der Waals surface area contributed by atoms with E-state index in [1.54, 1.807) is 0 Å². The maximum Gasteiger partial charge on any atom is -0.00139 e. The van der Waals surface area contributed by atoms with E-state index in [9.17, 15) is 0 Å². The molecule has 0 fully saturated rings. The summed E-state index contributed by atoms with van der Waals surface area (Å²) in [4.78, 5) is 0. The van der Waals surface area contributed by atoms with Gasteiger partial charge in [0.15, 0.2) is 0 Å². The van der Waals surface area contributed by atoms with Crippen LogP contribution in [0.1, 0.15) is 52.7 Å². The van der Waals surface area contributed by atoms with Crippen LogP contribution in [0.2, 0.25) is 0 Å². The minimum atomic E-state index is 0.122. The molecule has 0 heteroatoms. The van der Waals surface area contributed by atoms with Crippen molar-refractivity contribution in [3.8, 4) is 22.3 Å². The maximum atomic E-state index is 2.51. The monoisotopic (exact) mass is 586 g/mol. The Kier molecular flexibility index (Phi) is 4.23. The molecule has 0 saturated heterocycles. The van der Waals surface area contributed by atoms with Gasteiger partial charge >= 0.3 is 0 Å². The number of hydrogen-bond acceptors (Lipinski definition) is 0. The predicted molar refractivity (Wildman–Crippen MR) is 197 cm³/mol. The predicted octanol–water partition coefficient (Wildman–Crippen LogP) is 12.6. The van der Waals surface area contributed by atoms with Gasteiger partial charge in [-0.1, -0.05) is 114 Å². The molecule has 0 atom stereocenters. The Bertz CT molecular complexity index is 3020. The highest BCUT2D eigenvalue weighted by atomic mass is 14.3. The maximum absolute atomic E-state index is 2.51. The van der Waals surface area contributed by atoms with E-state index in [4.69, 9.17) is 0 Å². The van der Waals surface area contributed by atoms with E-state index < -0.39 is 0 Å². The van der Waals surface area contributed by atoms with E-state index >= 15 is 0 Å². The Morgan fingerprint density at radius 2 is 0.717 bits per heavy atom. The average molecular weight is 587 g/mol. The standard InChI is InChI=1S/C46H34/c1-45(2,3)23-7-9-25-27-11-13-31-37-21-40-34-18-16-30-36-20-24(46(4,5)6)8-10-26(36)28-12-14-32(44(34)42(28)30)38(40)22-39(37)33-17-15-29(35(25)19-23)41(27)43(31)33/h7-22H,1-6H3. The first-order valence-electron chi connectivity index (χ1n) is 16.8. The zero-order chi connectivity index (χ0) is 31.0. The molecule has 0 unspecified atom stereocenters. The smallest absolute Gasteiger partial charge is 0.00139 e. The summed E-state index contributed by atoms with van der Waals surface area (Å²) in [6, 6.07) is 38.4. The summed E-state index contributed by atoms with van der Waals surface area (Å²) >= 11 is 0. The van der Waals surface area contributed by atoms with Crippen LogP contribution in [0.4, 0.5) is 0 Å². The third-order valence-electron chi connectivity index (χ3n) is 11.6. The van der Waals surface area contributed by atoms with Crippen molar-refractivity contribution in [2.75, 3.05) is 0 Å². The molecule has 2 aliphatic rings. The lowest BCUT2D eigenvalue weighted by molar-refractivity contribution is 0.589. The van der Waals surface area contributed by atoms with Crippen LogP contribution in [0.3, 0.4) is 0 Å². The van der Waals surface area contributed by atoms with Crippen molar-refractivity contribution in [3.05, 3.63) is 129 Å². The third kappa shape index (κ3) is 2.84. The quantitative estimate of drug-likeness (QED) is 0.166. The summed E-state index contributed by atoms with van der Waals surface area (Å²) in [6.07, 6.45) is 0. The summed E-state index contributed by atoms with van der Waals surface area (Å²) in [5, 5.41) is 22.3.